The van der Waals surface area contributed by atoms with E-state index < -0.39 is 59.8 Å². The van der Waals surface area contributed by atoms with Crippen LogP contribution in [-0.4, -0.2) is 70.4 Å². The van der Waals surface area contributed by atoms with Crippen molar-refractivity contribution in [1.29, 1.82) is 0 Å². The largest absolute Gasteiger partial charge is 0.479 e. The van der Waals surface area contributed by atoms with Crippen molar-refractivity contribution >= 4 is 5.97 Å². The Kier molecular flexibility index (Phi) is 11.8. The minimum atomic E-state index is -2.98. The van der Waals surface area contributed by atoms with E-state index in [1.54, 1.807) is 60.7 Å². The fourth-order valence-corrected chi connectivity index (χ4v) is 4.09. The number of benzene rings is 3. The van der Waals surface area contributed by atoms with E-state index in [0.29, 0.717) is 17.2 Å². The molecule has 0 bridgehead atoms. The summed E-state index contributed by atoms with van der Waals surface area (Å²) in [4.78, 5) is 12.8. The molecule has 3 aromatic rings. The lowest BCUT2D eigenvalue weighted by Crippen LogP contribution is -2.43. The number of carbonyl (C=O) groups is 1. The highest BCUT2D eigenvalue weighted by Gasteiger charge is 2.50. The van der Waals surface area contributed by atoms with E-state index in [9.17, 15) is 15.0 Å². The Morgan fingerprint density at radius 3 is 1.73 bits per heavy atom. The van der Waals surface area contributed by atoms with Gasteiger partial charge in [0.15, 0.2) is 25.2 Å². The SMILES string of the molecule is COCCOCOc1c(F)cc(C(O)(C(=O)O)C(c2ccccc2)c2ccccc2)c(F)c1OCOCCOC. The Labute approximate surface area is 230 Å². The van der Waals surface area contributed by atoms with Crippen molar-refractivity contribution in [2.75, 3.05) is 54.2 Å². The lowest BCUT2D eigenvalue weighted by Gasteiger charge is -2.34. The minimum Gasteiger partial charge on any atom is -0.479 e. The van der Waals surface area contributed by atoms with Gasteiger partial charge in [0, 0.05) is 19.8 Å². The van der Waals surface area contributed by atoms with Crippen LogP contribution in [-0.2, 0) is 29.3 Å². The lowest BCUT2D eigenvalue weighted by molar-refractivity contribution is -0.161. The van der Waals surface area contributed by atoms with Crippen molar-refractivity contribution < 1.29 is 52.2 Å². The van der Waals surface area contributed by atoms with Crippen LogP contribution in [0.15, 0.2) is 66.7 Å². The molecule has 2 N–H and O–H groups in total. The third kappa shape index (κ3) is 7.32. The van der Waals surface area contributed by atoms with Gasteiger partial charge < -0.3 is 38.6 Å². The zero-order chi connectivity index (χ0) is 29.0. The average Bonchev–Trinajstić information content (AvgIpc) is 2.96. The molecule has 0 saturated heterocycles. The Morgan fingerprint density at radius 1 is 0.800 bits per heavy atom. The summed E-state index contributed by atoms with van der Waals surface area (Å²) in [6.07, 6.45) is 0. The minimum absolute atomic E-state index is 0.0831. The summed E-state index contributed by atoms with van der Waals surface area (Å²) in [5.74, 6) is -7.14. The van der Waals surface area contributed by atoms with E-state index in [4.69, 9.17) is 28.4 Å². The lowest BCUT2D eigenvalue weighted by atomic mass is 9.73. The number of rotatable bonds is 17. The molecule has 3 rings (SSSR count). The standard InChI is InChI=1S/C29H32F2O9/c1-35-13-15-37-18-39-26-23(30)17-22(25(31)27(26)40-19-38-16-14-36-2)29(34,28(32)33)24(20-9-5-3-6-10-20)21-11-7-4-8-12-21/h3-12,17,24,34H,13-16,18-19H2,1-2H3,(H,32,33). The van der Waals surface area contributed by atoms with E-state index in [1.807, 2.05) is 0 Å². The van der Waals surface area contributed by atoms with Gasteiger partial charge in [-0.2, -0.15) is 0 Å². The number of ether oxygens (including phenoxy) is 6. The molecular weight excluding hydrogens is 530 g/mol. The van der Waals surface area contributed by atoms with E-state index >= 15 is 8.78 Å². The fourth-order valence-electron chi connectivity index (χ4n) is 4.09. The predicted octanol–water partition coefficient (Wildman–Crippen LogP) is 4.07. The molecule has 1 unspecified atom stereocenters. The smallest absolute Gasteiger partial charge is 0.341 e. The zero-order valence-corrected chi connectivity index (χ0v) is 22.2. The Hall–Kier alpha value is -3.61. The molecule has 1 atom stereocenters. The van der Waals surface area contributed by atoms with Crippen LogP contribution < -0.4 is 9.47 Å². The topological polar surface area (TPSA) is 113 Å². The van der Waals surface area contributed by atoms with Crippen LogP contribution in [0.25, 0.3) is 0 Å². The second kappa shape index (κ2) is 15.2. The summed E-state index contributed by atoms with van der Waals surface area (Å²) in [5.41, 5.74) is -3.13. The third-order valence-electron chi connectivity index (χ3n) is 5.99. The maximum atomic E-state index is 16.2. The second-order valence-electron chi connectivity index (χ2n) is 8.53. The van der Waals surface area contributed by atoms with Crippen LogP contribution >= 0.6 is 0 Å². The zero-order valence-electron chi connectivity index (χ0n) is 22.2. The van der Waals surface area contributed by atoms with E-state index in [0.717, 1.165) is 0 Å². The van der Waals surface area contributed by atoms with Gasteiger partial charge in [-0.25, -0.2) is 13.6 Å². The highest BCUT2D eigenvalue weighted by Crippen LogP contribution is 2.47. The molecular formula is C29H32F2O9. The van der Waals surface area contributed by atoms with Gasteiger partial charge >= 0.3 is 5.97 Å². The molecule has 0 saturated carbocycles. The molecule has 3 aromatic carbocycles. The molecule has 9 nitrogen and oxygen atoms in total. The third-order valence-corrected chi connectivity index (χ3v) is 5.99. The van der Waals surface area contributed by atoms with Crippen molar-refractivity contribution in [1.82, 2.24) is 0 Å². The molecule has 0 spiro atoms. The first-order valence-electron chi connectivity index (χ1n) is 12.3. The summed E-state index contributed by atoms with van der Waals surface area (Å²) < 4.78 is 62.6. The van der Waals surface area contributed by atoms with Gasteiger partial charge in [0.25, 0.3) is 0 Å². The van der Waals surface area contributed by atoms with Crippen LogP contribution in [0.4, 0.5) is 8.78 Å². The normalized spacial score (nSPS) is 12.8. The molecule has 0 aliphatic rings. The molecule has 0 aliphatic heterocycles. The second-order valence-corrected chi connectivity index (χ2v) is 8.53. The maximum Gasteiger partial charge on any atom is 0.341 e. The summed E-state index contributed by atoms with van der Waals surface area (Å²) in [7, 11) is 2.93. The molecule has 0 fully saturated rings. The molecule has 11 heteroatoms. The number of hydrogen-bond donors (Lipinski definition) is 2. The number of aliphatic carboxylic acids is 1. The van der Waals surface area contributed by atoms with Crippen molar-refractivity contribution in [3.63, 3.8) is 0 Å². The van der Waals surface area contributed by atoms with Crippen LogP contribution in [0.2, 0.25) is 0 Å². The van der Waals surface area contributed by atoms with Crippen molar-refractivity contribution in [2.45, 2.75) is 11.5 Å². The first kappa shape index (κ1) is 30.9. The Morgan fingerprint density at radius 2 is 1.27 bits per heavy atom. The van der Waals surface area contributed by atoms with Gasteiger partial charge in [0.05, 0.1) is 32.3 Å². The van der Waals surface area contributed by atoms with Crippen LogP contribution in [0.5, 0.6) is 11.5 Å². The number of aliphatic hydroxyl groups is 1. The molecule has 216 valence electrons. The molecule has 0 aromatic heterocycles. The number of carboxylic acid groups (broad SMARTS) is 1. The average molecular weight is 563 g/mol. The highest BCUT2D eigenvalue weighted by atomic mass is 19.1. The molecule has 40 heavy (non-hydrogen) atoms. The summed E-state index contributed by atoms with van der Waals surface area (Å²) in [6.45, 7) is -0.382. The van der Waals surface area contributed by atoms with E-state index in [-0.39, 0.29) is 26.4 Å². The molecule has 0 aliphatic carbocycles. The molecule has 0 amide bonds. The summed E-state index contributed by atoms with van der Waals surface area (Å²) >= 11 is 0. The number of hydrogen-bond acceptors (Lipinski definition) is 8. The Bertz CT molecular complexity index is 1170. The summed E-state index contributed by atoms with van der Waals surface area (Å²) in [5, 5.41) is 22.2. The van der Waals surface area contributed by atoms with Crippen LogP contribution in [0, 0.1) is 11.6 Å². The first-order valence-corrected chi connectivity index (χ1v) is 12.3. The first-order chi connectivity index (χ1) is 19.4. The Balaban J connectivity index is 2.14. The quantitative estimate of drug-likeness (QED) is 0.186. The number of halogens is 2. The monoisotopic (exact) mass is 562 g/mol. The van der Waals surface area contributed by atoms with Crippen LogP contribution in [0.1, 0.15) is 22.6 Å². The van der Waals surface area contributed by atoms with Crippen molar-refractivity contribution in [2.24, 2.45) is 0 Å². The summed E-state index contributed by atoms with van der Waals surface area (Å²) in [6, 6.07) is 17.0. The van der Waals surface area contributed by atoms with Gasteiger partial charge in [-0.1, -0.05) is 60.7 Å². The van der Waals surface area contributed by atoms with Gasteiger partial charge in [-0.15, -0.1) is 0 Å². The molecule has 0 radical (unpaired) electrons. The van der Waals surface area contributed by atoms with Crippen LogP contribution in [0.3, 0.4) is 0 Å². The molecule has 0 heterocycles. The number of methoxy groups -OCH3 is 2. The van der Waals surface area contributed by atoms with E-state index in [2.05, 4.69) is 0 Å². The van der Waals surface area contributed by atoms with E-state index in [1.165, 1.54) is 14.2 Å². The van der Waals surface area contributed by atoms with Crippen molar-refractivity contribution in [3.8, 4) is 11.5 Å². The van der Waals surface area contributed by atoms with Gasteiger partial charge in [-0.3, -0.25) is 0 Å². The van der Waals surface area contributed by atoms with Gasteiger partial charge in [0.1, 0.15) is 0 Å². The van der Waals surface area contributed by atoms with Crippen molar-refractivity contribution in [3.05, 3.63) is 95.1 Å². The van der Waals surface area contributed by atoms with Gasteiger partial charge in [-0.05, 0) is 17.2 Å². The maximum absolute atomic E-state index is 16.2. The number of carboxylic acids is 1. The van der Waals surface area contributed by atoms with Gasteiger partial charge in [0.2, 0.25) is 17.1 Å². The highest BCUT2D eigenvalue weighted by molar-refractivity contribution is 5.82. The fraction of sp³-hybridized carbons (Fsp3) is 0.345. The predicted molar refractivity (Wildman–Crippen MR) is 139 cm³/mol.